The van der Waals surface area contributed by atoms with E-state index in [-0.39, 0.29) is 6.10 Å². The summed E-state index contributed by atoms with van der Waals surface area (Å²) >= 11 is 13.6. The largest absolute Gasteiger partial charge is 0.375 e. The zero-order valence-corrected chi connectivity index (χ0v) is 16.2. The Morgan fingerprint density at radius 1 is 1.24 bits per heavy atom. The van der Waals surface area contributed by atoms with Gasteiger partial charge in [0.15, 0.2) is 0 Å². The Morgan fingerprint density at radius 3 is 2.64 bits per heavy atom. The number of rotatable bonds is 6. The maximum absolute atomic E-state index is 6.02. The van der Waals surface area contributed by atoms with Gasteiger partial charge >= 0.3 is 6.01 Å². The third-order valence-corrected chi connectivity index (χ3v) is 5.02. The van der Waals surface area contributed by atoms with Gasteiger partial charge in [-0.05, 0) is 25.1 Å². The van der Waals surface area contributed by atoms with Crippen LogP contribution in [0, 0.1) is 0 Å². The Hall–Kier alpha value is -1.67. The van der Waals surface area contributed by atoms with Gasteiger partial charge < -0.3 is 14.2 Å². The summed E-state index contributed by atoms with van der Waals surface area (Å²) in [6, 6.07) is 5.52. The van der Waals surface area contributed by atoms with Gasteiger partial charge in [-0.1, -0.05) is 28.4 Å². The molecule has 0 saturated heterocycles. The lowest BCUT2D eigenvalue weighted by Crippen LogP contribution is -2.17. The summed E-state index contributed by atoms with van der Waals surface area (Å²) in [5.41, 5.74) is 1.61. The summed E-state index contributed by atoms with van der Waals surface area (Å²) in [6.07, 6.45) is -0.0216. The molecule has 1 unspecified atom stereocenters. The third kappa shape index (κ3) is 4.30. The van der Waals surface area contributed by atoms with Gasteiger partial charge in [0.05, 0.1) is 12.2 Å². The standard InChI is InChI=1S/C16H16Cl2N4O2S/c1-9(23-3)15-19-13(8-25-15)7-22(2)16-20-14(21-24-16)10-4-11(17)6-12(18)5-10/h4-6,8-9H,7H2,1-3H3. The number of halogens is 2. The molecule has 1 atom stereocenters. The average molecular weight is 399 g/mol. The number of nitrogens with zero attached hydrogens (tertiary/aromatic N) is 4. The lowest BCUT2D eigenvalue weighted by Gasteiger charge is -2.11. The fourth-order valence-corrected chi connectivity index (χ4v) is 3.53. The smallest absolute Gasteiger partial charge is 0.324 e. The predicted molar refractivity (Wildman–Crippen MR) is 99.4 cm³/mol. The summed E-state index contributed by atoms with van der Waals surface area (Å²) in [7, 11) is 3.53. The van der Waals surface area contributed by atoms with Crippen molar-refractivity contribution >= 4 is 40.6 Å². The molecule has 0 spiro atoms. The number of methoxy groups -OCH3 is 1. The molecule has 3 aromatic rings. The van der Waals surface area contributed by atoms with Gasteiger partial charge in [-0.2, -0.15) is 4.98 Å². The molecule has 6 nitrogen and oxygen atoms in total. The Labute approximate surface area is 159 Å². The highest BCUT2D eigenvalue weighted by Crippen LogP contribution is 2.27. The molecule has 0 bridgehead atoms. The number of anilines is 1. The quantitative estimate of drug-likeness (QED) is 0.591. The third-order valence-electron chi connectivity index (χ3n) is 3.53. The van der Waals surface area contributed by atoms with Crippen molar-refractivity contribution in [2.75, 3.05) is 19.1 Å². The zero-order chi connectivity index (χ0) is 18.0. The van der Waals surface area contributed by atoms with Crippen LogP contribution < -0.4 is 4.90 Å². The first kappa shape index (κ1) is 18.1. The first-order valence-electron chi connectivity index (χ1n) is 7.44. The number of hydrogen-bond donors (Lipinski definition) is 0. The van der Waals surface area contributed by atoms with Crippen molar-refractivity contribution < 1.29 is 9.26 Å². The first-order chi connectivity index (χ1) is 12.0. The number of hydrogen-bond acceptors (Lipinski definition) is 7. The second-order valence-electron chi connectivity index (χ2n) is 5.47. The van der Waals surface area contributed by atoms with Crippen LogP contribution in [0.1, 0.15) is 23.7 Å². The number of aromatic nitrogens is 3. The van der Waals surface area contributed by atoms with E-state index in [0.29, 0.717) is 34.0 Å². The maximum atomic E-state index is 6.02. The summed E-state index contributed by atoms with van der Waals surface area (Å²) in [5.74, 6) is 0.429. The molecule has 0 fully saturated rings. The topological polar surface area (TPSA) is 64.3 Å². The molecule has 1 aromatic carbocycles. The van der Waals surface area contributed by atoms with Gasteiger partial charge in [0, 0.05) is 35.1 Å². The van der Waals surface area contributed by atoms with E-state index >= 15 is 0 Å². The Bertz CT molecular complexity index is 847. The van der Waals surface area contributed by atoms with Crippen LogP contribution in [0.5, 0.6) is 0 Å². The molecule has 132 valence electrons. The second kappa shape index (κ2) is 7.70. The van der Waals surface area contributed by atoms with Crippen LogP contribution in [0.15, 0.2) is 28.1 Å². The highest BCUT2D eigenvalue weighted by Gasteiger charge is 2.16. The van der Waals surface area contributed by atoms with E-state index in [2.05, 4.69) is 15.1 Å². The van der Waals surface area contributed by atoms with Crippen molar-refractivity contribution in [3.05, 3.63) is 44.3 Å². The average Bonchev–Trinajstić information content (AvgIpc) is 3.22. The van der Waals surface area contributed by atoms with Crippen LogP contribution in [0.3, 0.4) is 0 Å². The second-order valence-corrected chi connectivity index (χ2v) is 7.23. The molecule has 0 amide bonds. The molecule has 2 heterocycles. The minimum atomic E-state index is -0.0216. The monoisotopic (exact) mass is 398 g/mol. The molecule has 0 radical (unpaired) electrons. The SMILES string of the molecule is COC(C)c1nc(CN(C)c2nc(-c3cc(Cl)cc(Cl)c3)no2)cs1. The molecular formula is C16H16Cl2N4O2S. The molecule has 0 N–H and O–H groups in total. The van der Waals surface area contributed by atoms with Crippen LogP contribution in [0.25, 0.3) is 11.4 Å². The van der Waals surface area contributed by atoms with Gasteiger partial charge in [-0.25, -0.2) is 4.98 Å². The van der Waals surface area contributed by atoms with E-state index in [1.54, 1.807) is 36.6 Å². The van der Waals surface area contributed by atoms with Gasteiger partial charge in [-0.15, -0.1) is 11.3 Å². The molecule has 2 aromatic heterocycles. The number of thiazole rings is 1. The zero-order valence-electron chi connectivity index (χ0n) is 13.9. The molecular weight excluding hydrogens is 383 g/mol. The number of ether oxygens (including phenoxy) is 1. The lowest BCUT2D eigenvalue weighted by molar-refractivity contribution is 0.119. The van der Waals surface area contributed by atoms with Crippen LogP contribution >= 0.6 is 34.5 Å². The van der Waals surface area contributed by atoms with Crippen molar-refractivity contribution in [1.29, 1.82) is 0 Å². The summed E-state index contributed by atoms with van der Waals surface area (Å²) in [5, 5.41) is 7.96. The van der Waals surface area contributed by atoms with E-state index < -0.39 is 0 Å². The van der Waals surface area contributed by atoms with Crippen molar-refractivity contribution in [1.82, 2.24) is 15.1 Å². The lowest BCUT2D eigenvalue weighted by atomic mass is 10.2. The Kier molecular flexibility index (Phi) is 5.58. The minimum absolute atomic E-state index is 0.0216. The van der Waals surface area contributed by atoms with Crippen molar-refractivity contribution in [2.45, 2.75) is 19.6 Å². The van der Waals surface area contributed by atoms with E-state index in [1.807, 2.05) is 24.3 Å². The summed E-state index contributed by atoms with van der Waals surface area (Å²) < 4.78 is 10.6. The van der Waals surface area contributed by atoms with E-state index in [4.69, 9.17) is 32.5 Å². The summed E-state index contributed by atoms with van der Waals surface area (Å²) in [6.45, 7) is 2.51. The van der Waals surface area contributed by atoms with Crippen LogP contribution in [0.4, 0.5) is 6.01 Å². The van der Waals surface area contributed by atoms with E-state index in [1.165, 1.54) is 0 Å². The highest BCUT2D eigenvalue weighted by molar-refractivity contribution is 7.09. The molecule has 0 saturated carbocycles. The van der Waals surface area contributed by atoms with Crippen molar-refractivity contribution in [2.24, 2.45) is 0 Å². The van der Waals surface area contributed by atoms with Gasteiger partial charge in [0.1, 0.15) is 11.1 Å². The van der Waals surface area contributed by atoms with Gasteiger partial charge in [-0.3, -0.25) is 0 Å². The van der Waals surface area contributed by atoms with Gasteiger partial charge in [0.25, 0.3) is 0 Å². The molecule has 25 heavy (non-hydrogen) atoms. The van der Waals surface area contributed by atoms with E-state index in [9.17, 15) is 0 Å². The fourth-order valence-electron chi connectivity index (χ4n) is 2.16. The maximum Gasteiger partial charge on any atom is 0.324 e. The highest BCUT2D eigenvalue weighted by atomic mass is 35.5. The summed E-state index contributed by atoms with van der Waals surface area (Å²) in [4.78, 5) is 10.8. The molecule has 3 rings (SSSR count). The van der Waals surface area contributed by atoms with E-state index in [0.717, 1.165) is 10.7 Å². The molecule has 0 aliphatic carbocycles. The first-order valence-corrected chi connectivity index (χ1v) is 9.08. The van der Waals surface area contributed by atoms with Crippen molar-refractivity contribution in [3.63, 3.8) is 0 Å². The number of benzene rings is 1. The molecule has 0 aliphatic rings. The predicted octanol–water partition coefficient (Wildman–Crippen LogP) is 4.84. The van der Waals surface area contributed by atoms with Crippen molar-refractivity contribution in [3.8, 4) is 11.4 Å². The molecule has 0 aliphatic heterocycles. The Balaban J connectivity index is 1.74. The van der Waals surface area contributed by atoms with Crippen LogP contribution in [-0.4, -0.2) is 29.3 Å². The van der Waals surface area contributed by atoms with Gasteiger partial charge in [0.2, 0.25) is 5.82 Å². The fraction of sp³-hybridized carbons (Fsp3) is 0.312. The van der Waals surface area contributed by atoms with Crippen LogP contribution in [-0.2, 0) is 11.3 Å². The normalized spacial score (nSPS) is 12.4. The van der Waals surface area contributed by atoms with Crippen LogP contribution in [0.2, 0.25) is 10.0 Å². The molecule has 9 heteroatoms. The minimum Gasteiger partial charge on any atom is -0.375 e. The Morgan fingerprint density at radius 2 is 1.96 bits per heavy atom.